The SMILES string of the molecule is Cc1cc(C(C)(C)C)c(CCCCCCCCCC(O)(c2ccccc2)C(CO)(CO)CO)c(C(C)(C)C)c1. The second-order valence-corrected chi connectivity index (χ2v) is 13.8. The molecule has 0 heterocycles. The van der Waals surface area contributed by atoms with Crippen LogP contribution in [0.3, 0.4) is 0 Å². The van der Waals surface area contributed by atoms with Crippen LogP contribution in [0.25, 0.3) is 0 Å². The van der Waals surface area contributed by atoms with E-state index in [0.29, 0.717) is 12.0 Å². The van der Waals surface area contributed by atoms with Gasteiger partial charge in [0, 0.05) is 0 Å². The van der Waals surface area contributed by atoms with Crippen molar-refractivity contribution >= 4 is 0 Å². The third-order valence-electron chi connectivity index (χ3n) is 8.51. The van der Waals surface area contributed by atoms with Gasteiger partial charge in [-0.25, -0.2) is 0 Å². The summed E-state index contributed by atoms with van der Waals surface area (Å²) < 4.78 is 0. The highest BCUT2D eigenvalue weighted by Crippen LogP contribution is 2.43. The Bertz CT molecular complexity index is 952. The van der Waals surface area contributed by atoms with Crippen LogP contribution in [0.1, 0.15) is 121 Å². The van der Waals surface area contributed by atoms with E-state index in [1.807, 2.05) is 18.2 Å². The van der Waals surface area contributed by atoms with Crippen LogP contribution >= 0.6 is 0 Å². The van der Waals surface area contributed by atoms with Gasteiger partial charge in [0.1, 0.15) is 5.60 Å². The summed E-state index contributed by atoms with van der Waals surface area (Å²) in [5.41, 5.74) is 3.88. The van der Waals surface area contributed by atoms with E-state index >= 15 is 0 Å². The highest BCUT2D eigenvalue weighted by molar-refractivity contribution is 5.45. The molecule has 0 aliphatic rings. The predicted molar refractivity (Wildman–Crippen MR) is 163 cm³/mol. The maximum Gasteiger partial charge on any atom is 0.102 e. The minimum Gasteiger partial charge on any atom is -0.395 e. The Balaban J connectivity index is 1.91. The molecule has 220 valence electrons. The number of hydrogen-bond donors (Lipinski definition) is 4. The lowest BCUT2D eigenvalue weighted by atomic mass is 9.67. The number of unbranched alkanes of at least 4 members (excludes halogenated alkanes) is 6. The molecule has 2 aromatic rings. The average molecular weight is 541 g/mol. The van der Waals surface area contributed by atoms with E-state index in [4.69, 9.17) is 0 Å². The van der Waals surface area contributed by atoms with Gasteiger partial charge in [0.15, 0.2) is 0 Å². The summed E-state index contributed by atoms with van der Waals surface area (Å²) >= 11 is 0. The standard InChI is InChI=1S/C35H56O4/c1-27-22-30(32(2,3)4)29(31(23-27)33(5,6)7)20-16-11-9-8-10-12-17-21-35(39,28-18-14-13-15-19-28)34(24-36,25-37)26-38/h13-15,18-19,22-23,36-39H,8-12,16-17,20-21,24-26H2,1-7H3. The van der Waals surface area contributed by atoms with Crippen molar-refractivity contribution in [1.29, 1.82) is 0 Å². The third kappa shape index (κ3) is 8.39. The van der Waals surface area contributed by atoms with Crippen LogP contribution in [0.15, 0.2) is 42.5 Å². The van der Waals surface area contributed by atoms with Crippen LogP contribution in [0.4, 0.5) is 0 Å². The van der Waals surface area contributed by atoms with Gasteiger partial charge in [-0.2, -0.15) is 0 Å². The molecule has 0 amide bonds. The maximum absolute atomic E-state index is 11.7. The fourth-order valence-corrected chi connectivity index (χ4v) is 5.96. The molecular formula is C35H56O4. The molecule has 0 radical (unpaired) electrons. The molecule has 0 saturated carbocycles. The van der Waals surface area contributed by atoms with Crippen molar-refractivity contribution in [3.63, 3.8) is 0 Å². The molecule has 4 nitrogen and oxygen atoms in total. The first-order valence-corrected chi connectivity index (χ1v) is 15.0. The normalized spacial score (nSPS) is 14.4. The molecule has 0 saturated heterocycles. The van der Waals surface area contributed by atoms with Crippen LogP contribution in [-0.4, -0.2) is 40.2 Å². The molecule has 4 heteroatoms. The molecule has 1 atom stereocenters. The van der Waals surface area contributed by atoms with Crippen molar-refractivity contribution in [2.45, 2.75) is 123 Å². The van der Waals surface area contributed by atoms with E-state index in [2.05, 4.69) is 60.6 Å². The fraction of sp³-hybridized carbons (Fsp3) is 0.657. The zero-order chi connectivity index (χ0) is 29.3. The van der Waals surface area contributed by atoms with Gasteiger partial charge in [0.25, 0.3) is 0 Å². The summed E-state index contributed by atoms with van der Waals surface area (Å²) in [6.07, 6.45) is 9.06. The maximum atomic E-state index is 11.7. The second-order valence-electron chi connectivity index (χ2n) is 13.8. The van der Waals surface area contributed by atoms with E-state index in [1.54, 1.807) is 17.7 Å². The Morgan fingerprint density at radius 3 is 1.49 bits per heavy atom. The topological polar surface area (TPSA) is 80.9 Å². The Labute approximate surface area is 238 Å². The molecule has 0 aliphatic carbocycles. The summed E-state index contributed by atoms with van der Waals surface area (Å²) in [5, 5.41) is 41.8. The highest BCUT2D eigenvalue weighted by Gasteiger charge is 2.50. The van der Waals surface area contributed by atoms with Crippen molar-refractivity contribution in [2.24, 2.45) is 5.41 Å². The minimum atomic E-state index is -1.49. The second kappa shape index (κ2) is 14.3. The third-order valence-corrected chi connectivity index (χ3v) is 8.51. The lowest BCUT2D eigenvalue weighted by Crippen LogP contribution is -2.53. The lowest BCUT2D eigenvalue weighted by molar-refractivity contribution is -0.164. The van der Waals surface area contributed by atoms with Crippen molar-refractivity contribution in [3.8, 4) is 0 Å². The number of aryl methyl sites for hydroxylation is 1. The lowest BCUT2D eigenvalue weighted by Gasteiger charge is -2.45. The first-order chi connectivity index (χ1) is 18.3. The smallest absolute Gasteiger partial charge is 0.102 e. The Kier molecular flexibility index (Phi) is 12.2. The van der Waals surface area contributed by atoms with Crippen LogP contribution in [0, 0.1) is 12.3 Å². The molecule has 39 heavy (non-hydrogen) atoms. The minimum absolute atomic E-state index is 0.128. The molecule has 4 N–H and O–H groups in total. The van der Waals surface area contributed by atoms with E-state index in [1.165, 1.54) is 36.0 Å². The summed E-state index contributed by atoms with van der Waals surface area (Å²) in [4.78, 5) is 0. The van der Waals surface area contributed by atoms with E-state index < -0.39 is 30.8 Å². The zero-order valence-electron chi connectivity index (χ0n) is 25.8. The first-order valence-electron chi connectivity index (χ1n) is 15.0. The fourth-order valence-electron chi connectivity index (χ4n) is 5.96. The largest absolute Gasteiger partial charge is 0.395 e. The van der Waals surface area contributed by atoms with E-state index in [0.717, 1.165) is 32.1 Å². The monoisotopic (exact) mass is 540 g/mol. The Morgan fingerprint density at radius 1 is 0.615 bits per heavy atom. The van der Waals surface area contributed by atoms with Gasteiger partial charge >= 0.3 is 0 Å². The number of benzene rings is 2. The van der Waals surface area contributed by atoms with Crippen LogP contribution in [0.5, 0.6) is 0 Å². The van der Waals surface area contributed by atoms with Gasteiger partial charge < -0.3 is 20.4 Å². The number of aliphatic hydroxyl groups excluding tert-OH is 3. The number of hydrogen-bond acceptors (Lipinski definition) is 4. The summed E-state index contributed by atoms with van der Waals surface area (Å²) in [5.74, 6) is 0. The van der Waals surface area contributed by atoms with Gasteiger partial charge in [0.05, 0.1) is 25.2 Å². The molecule has 1 unspecified atom stereocenters. The molecular weight excluding hydrogens is 484 g/mol. The molecule has 0 spiro atoms. The van der Waals surface area contributed by atoms with Crippen LogP contribution in [0.2, 0.25) is 0 Å². The highest BCUT2D eigenvalue weighted by atomic mass is 16.3. The molecule has 0 fully saturated rings. The van der Waals surface area contributed by atoms with Gasteiger partial charge in [0.2, 0.25) is 0 Å². The van der Waals surface area contributed by atoms with Crippen LogP contribution in [-0.2, 0) is 22.9 Å². The Hall–Kier alpha value is -1.72. The number of aliphatic hydroxyl groups is 4. The van der Waals surface area contributed by atoms with Crippen molar-refractivity contribution in [2.75, 3.05) is 19.8 Å². The summed E-state index contributed by atoms with van der Waals surface area (Å²) in [6, 6.07) is 13.9. The zero-order valence-corrected chi connectivity index (χ0v) is 25.8. The van der Waals surface area contributed by atoms with E-state index in [9.17, 15) is 20.4 Å². The van der Waals surface area contributed by atoms with Gasteiger partial charge in [-0.3, -0.25) is 0 Å². The molecule has 0 bridgehead atoms. The summed E-state index contributed by atoms with van der Waals surface area (Å²) in [7, 11) is 0. The van der Waals surface area contributed by atoms with Crippen LogP contribution < -0.4 is 0 Å². The van der Waals surface area contributed by atoms with E-state index in [-0.39, 0.29) is 10.8 Å². The molecule has 0 aliphatic heterocycles. The molecule has 2 aromatic carbocycles. The predicted octanol–water partition coefficient (Wildman–Crippen LogP) is 7.10. The number of rotatable bonds is 15. The molecule has 2 rings (SSSR count). The van der Waals surface area contributed by atoms with Gasteiger partial charge in [-0.05, 0) is 59.3 Å². The van der Waals surface area contributed by atoms with Gasteiger partial charge in [-0.15, -0.1) is 0 Å². The quantitative estimate of drug-likeness (QED) is 0.182. The van der Waals surface area contributed by atoms with Crippen molar-refractivity contribution in [1.82, 2.24) is 0 Å². The molecule has 0 aromatic heterocycles. The van der Waals surface area contributed by atoms with Crippen molar-refractivity contribution < 1.29 is 20.4 Å². The Morgan fingerprint density at radius 2 is 1.05 bits per heavy atom. The van der Waals surface area contributed by atoms with Gasteiger partial charge in [-0.1, -0.05) is 128 Å². The first kappa shape index (κ1) is 33.5. The summed E-state index contributed by atoms with van der Waals surface area (Å²) in [6.45, 7) is 14.7. The van der Waals surface area contributed by atoms with Crippen molar-refractivity contribution in [3.05, 3.63) is 70.3 Å². The average Bonchev–Trinajstić information content (AvgIpc) is 2.88.